The first-order valence-corrected chi connectivity index (χ1v) is 12.8. The van der Waals surface area contributed by atoms with E-state index in [-0.39, 0.29) is 13.2 Å². The smallest absolute Gasteiger partial charge is 0.340 e. The molecule has 3 aromatic rings. The number of carboxylic acids is 1. The van der Waals surface area contributed by atoms with Crippen LogP contribution in [-0.2, 0) is 53.2 Å². The van der Waals surface area contributed by atoms with E-state index in [9.17, 15) is 24.3 Å². The van der Waals surface area contributed by atoms with Gasteiger partial charge in [0.25, 0.3) is 0 Å². The van der Waals surface area contributed by atoms with Gasteiger partial charge in [-0.3, -0.25) is 14.6 Å². The van der Waals surface area contributed by atoms with Crippen molar-refractivity contribution in [3.63, 3.8) is 0 Å². The van der Waals surface area contributed by atoms with Crippen molar-refractivity contribution in [2.75, 3.05) is 6.54 Å². The van der Waals surface area contributed by atoms with Crippen molar-refractivity contribution in [1.29, 1.82) is 0 Å². The first-order valence-electron chi connectivity index (χ1n) is 12.8. The Kier molecular flexibility index (Phi) is 10.7. The van der Waals surface area contributed by atoms with Crippen molar-refractivity contribution in [3.05, 3.63) is 108 Å². The zero-order valence-electron chi connectivity index (χ0n) is 22.7. The van der Waals surface area contributed by atoms with Gasteiger partial charge in [0, 0.05) is 6.54 Å². The largest absolute Gasteiger partial charge is 0.479 e. The molecule has 7 N–H and O–H groups in total. The number of nitrogens with two attached hydrogens (primary N) is 3. The van der Waals surface area contributed by atoms with Crippen LogP contribution >= 0.6 is 0 Å². The van der Waals surface area contributed by atoms with Crippen LogP contribution in [0.1, 0.15) is 23.1 Å². The van der Waals surface area contributed by atoms with Gasteiger partial charge in [0.2, 0.25) is 11.0 Å². The van der Waals surface area contributed by atoms with Crippen LogP contribution in [0.15, 0.2) is 96.0 Å². The van der Waals surface area contributed by atoms with Crippen LogP contribution in [0.2, 0.25) is 0 Å². The minimum atomic E-state index is -3.32. The Morgan fingerprint density at radius 3 is 1.33 bits per heavy atom. The lowest BCUT2D eigenvalue weighted by molar-refractivity contribution is -0.194. The van der Waals surface area contributed by atoms with E-state index in [4.69, 9.17) is 31.4 Å². The van der Waals surface area contributed by atoms with E-state index in [2.05, 4.69) is 4.99 Å². The zero-order valence-corrected chi connectivity index (χ0v) is 22.7. The summed E-state index contributed by atoms with van der Waals surface area (Å²) in [5, 5.41) is 10.4. The molecule has 0 aliphatic heterocycles. The van der Waals surface area contributed by atoms with Gasteiger partial charge in [0.15, 0.2) is 5.96 Å². The summed E-state index contributed by atoms with van der Waals surface area (Å²) in [5.74, 6) is -6.88. The number of ether oxygens (including phenoxy) is 3. The van der Waals surface area contributed by atoms with E-state index < -0.39 is 60.4 Å². The van der Waals surface area contributed by atoms with Gasteiger partial charge >= 0.3 is 23.9 Å². The Labute approximate surface area is 242 Å². The standard InChI is InChI=1S/C30H32N4O8/c31-28(32)34-17-16-29(25(37)40-18-21-10-4-1-5-11-21,26(38)41-19-22-12-6-2-7-13-22)30(33,24(35)36)27(39)42-20-23-14-8-3-9-15-23/h1-15H,16-20,33H2,(H,35,36)(H4,31,32,34). The molecule has 0 spiro atoms. The second-order valence-electron chi connectivity index (χ2n) is 9.26. The maximum absolute atomic E-state index is 13.9. The maximum atomic E-state index is 13.9. The summed E-state index contributed by atoms with van der Waals surface area (Å²) in [6, 6.07) is 25.1. The fourth-order valence-corrected chi connectivity index (χ4v) is 4.13. The zero-order chi connectivity index (χ0) is 30.6. The van der Waals surface area contributed by atoms with Crippen LogP contribution in [0, 0.1) is 5.41 Å². The van der Waals surface area contributed by atoms with Crippen LogP contribution in [0.3, 0.4) is 0 Å². The second-order valence-corrected chi connectivity index (χ2v) is 9.26. The van der Waals surface area contributed by atoms with Crippen molar-refractivity contribution in [1.82, 2.24) is 0 Å². The van der Waals surface area contributed by atoms with Gasteiger partial charge in [-0.1, -0.05) is 91.0 Å². The summed E-state index contributed by atoms with van der Waals surface area (Å²) < 4.78 is 16.1. The molecule has 0 aliphatic carbocycles. The number of esters is 3. The third-order valence-corrected chi connectivity index (χ3v) is 6.45. The fraction of sp³-hybridized carbons (Fsp3) is 0.233. The van der Waals surface area contributed by atoms with E-state index in [1.807, 2.05) is 0 Å². The highest BCUT2D eigenvalue weighted by Gasteiger charge is 2.71. The number of hydrogen-bond donors (Lipinski definition) is 4. The lowest BCUT2D eigenvalue weighted by Gasteiger charge is -2.39. The van der Waals surface area contributed by atoms with Crippen LogP contribution < -0.4 is 17.2 Å². The van der Waals surface area contributed by atoms with Gasteiger partial charge in [0.1, 0.15) is 19.8 Å². The predicted molar refractivity (Wildman–Crippen MR) is 151 cm³/mol. The Morgan fingerprint density at radius 2 is 1.00 bits per heavy atom. The fourth-order valence-electron chi connectivity index (χ4n) is 4.13. The monoisotopic (exact) mass is 576 g/mol. The number of aliphatic imine (C=N–C) groups is 1. The molecule has 220 valence electrons. The normalized spacial score (nSPS) is 12.3. The average molecular weight is 577 g/mol. The highest BCUT2D eigenvalue weighted by Crippen LogP contribution is 2.39. The number of carbonyl (C=O) groups is 4. The van der Waals surface area contributed by atoms with E-state index >= 15 is 0 Å². The SMILES string of the molecule is NC(N)=NCCC(C(=O)OCc1ccccc1)(C(=O)OCc1ccccc1)C(N)(C(=O)O)C(=O)OCc1ccccc1. The van der Waals surface area contributed by atoms with Crippen molar-refractivity contribution >= 4 is 29.8 Å². The molecule has 0 saturated heterocycles. The third-order valence-electron chi connectivity index (χ3n) is 6.45. The first kappa shape index (κ1) is 31.3. The molecule has 0 aliphatic rings. The Hall–Kier alpha value is -5.23. The summed E-state index contributed by atoms with van der Waals surface area (Å²) in [7, 11) is 0. The molecular formula is C30H32N4O8. The molecule has 0 saturated carbocycles. The molecule has 1 unspecified atom stereocenters. The lowest BCUT2D eigenvalue weighted by atomic mass is 9.67. The molecule has 0 amide bonds. The molecule has 0 fully saturated rings. The Balaban J connectivity index is 2.09. The van der Waals surface area contributed by atoms with E-state index in [1.165, 1.54) is 0 Å². The predicted octanol–water partition coefficient (Wildman–Crippen LogP) is 1.65. The topological polar surface area (TPSA) is 207 Å². The number of aliphatic carboxylic acids is 1. The minimum Gasteiger partial charge on any atom is -0.479 e. The van der Waals surface area contributed by atoms with Crippen molar-refractivity contribution < 1.29 is 38.5 Å². The second kappa shape index (κ2) is 14.4. The quantitative estimate of drug-likeness (QED) is 0.0713. The van der Waals surface area contributed by atoms with Crippen LogP contribution in [0.25, 0.3) is 0 Å². The third kappa shape index (κ3) is 7.29. The first-order chi connectivity index (χ1) is 20.1. The van der Waals surface area contributed by atoms with Crippen LogP contribution in [0.5, 0.6) is 0 Å². The van der Waals surface area contributed by atoms with Crippen molar-refractivity contribution in [3.8, 4) is 0 Å². The molecule has 3 aromatic carbocycles. The number of nitrogens with zero attached hydrogens (tertiary/aromatic N) is 1. The molecule has 0 bridgehead atoms. The summed E-state index contributed by atoms with van der Waals surface area (Å²) in [6.45, 7) is -1.62. The minimum absolute atomic E-state index is 0.371. The maximum Gasteiger partial charge on any atom is 0.340 e. The number of hydrogen-bond acceptors (Lipinski definition) is 9. The van der Waals surface area contributed by atoms with Gasteiger partial charge in [-0.15, -0.1) is 0 Å². The van der Waals surface area contributed by atoms with Gasteiger partial charge in [-0.2, -0.15) is 0 Å². The summed E-state index contributed by atoms with van der Waals surface area (Å²) in [5.41, 5.74) is 12.4. The molecule has 0 aromatic heterocycles. The molecule has 1 atom stereocenters. The number of carboxylic acid groups (broad SMARTS) is 1. The number of rotatable bonds is 14. The summed E-state index contributed by atoms with van der Waals surface area (Å²) in [6.07, 6.45) is -0.768. The molecule has 42 heavy (non-hydrogen) atoms. The average Bonchev–Trinajstić information content (AvgIpc) is 3.00. The Bertz CT molecular complexity index is 1340. The molecular weight excluding hydrogens is 544 g/mol. The van der Waals surface area contributed by atoms with E-state index in [0.29, 0.717) is 16.7 Å². The van der Waals surface area contributed by atoms with E-state index in [1.54, 1.807) is 91.0 Å². The highest BCUT2D eigenvalue weighted by atomic mass is 16.6. The number of guanidine groups is 1. The molecule has 0 radical (unpaired) electrons. The molecule has 3 rings (SSSR count). The number of benzene rings is 3. The van der Waals surface area contributed by atoms with Crippen LogP contribution in [0.4, 0.5) is 0 Å². The molecule has 12 nitrogen and oxygen atoms in total. The van der Waals surface area contributed by atoms with Gasteiger partial charge in [-0.05, 0) is 23.1 Å². The van der Waals surface area contributed by atoms with Crippen molar-refractivity contribution in [2.24, 2.45) is 27.6 Å². The van der Waals surface area contributed by atoms with Gasteiger partial charge < -0.3 is 36.5 Å². The van der Waals surface area contributed by atoms with E-state index in [0.717, 1.165) is 0 Å². The van der Waals surface area contributed by atoms with Gasteiger partial charge in [-0.25, -0.2) is 9.59 Å². The molecule has 0 heterocycles. The van der Waals surface area contributed by atoms with Crippen molar-refractivity contribution in [2.45, 2.75) is 31.8 Å². The lowest BCUT2D eigenvalue weighted by Crippen LogP contribution is -2.72. The summed E-state index contributed by atoms with van der Waals surface area (Å²) >= 11 is 0. The Morgan fingerprint density at radius 1 is 0.643 bits per heavy atom. The summed E-state index contributed by atoms with van der Waals surface area (Å²) in [4.78, 5) is 58.0. The van der Waals surface area contributed by atoms with Crippen LogP contribution in [-0.4, -0.2) is 47.0 Å². The van der Waals surface area contributed by atoms with Gasteiger partial charge in [0.05, 0.1) is 0 Å². The highest BCUT2D eigenvalue weighted by molar-refractivity contribution is 6.17. The number of carbonyl (C=O) groups excluding carboxylic acids is 3. The molecule has 12 heteroatoms.